The molecular weight excluding hydrogens is 750 g/mol. The van der Waals surface area contributed by atoms with Crippen LogP contribution in [0.1, 0.15) is 77.9 Å². The Balaban J connectivity index is 0.879. The molecule has 312 valence electrons. The molecule has 0 spiro atoms. The molecule has 3 heterocycles. The Morgan fingerprint density at radius 2 is 1.59 bits per heavy atom. The SMILES string of the molecule is C=C1CC[C@@H](NC(=O)c2ccc(N3CCN(C[C@H]4CN(c5ccc(C(=O)NC6C(C)(C)C(Oc7cc(C)c(C#N)c(C)c7)C6(C)C)cc5)CCO4)CC3)cc2F)C(=O)N1. The summed E-state index contributed by atoms with van der Waals surface area (Å²) in [6.45, 7) is 21.9. The number of nitrogens with zero attached hydrogens (tertiary/aromatic N) is 4. The van der Waals surface area contributed by atoms with Crippen LogP contribution in [-0.2, 0) is 9.53 Å². The lowest BCUT2D eigenvalue weighted by Gasteiger charge is -2.63. The Morgan fingerprint density at radius 3 is 2.22 bits per heavy atom. The highest BCUT2D eigenvalue weighted by Gasteiger charge is 2.64. The van der Waals surface area contributed by atoms with Gasteiger partial charge in [-0.25, -0.2) is 4.39 Å². The van der Waals surface area contributed by atoms with Crippen LogP contribution in [0.5, 0.6) is 5.75 Å². The second-order valence-corrected chi connectivity index (χ2v) is 17.7. The fourth-order valence-corrected chi connectivity index (χ4v) is 9.72. The number of nitriles is 1. The summed E-state index contributed by atoms with van der Waals surface area (Å²) < 4.78 is 27.9. The second-order valence-electron chi connectivity index (χ2n) is 17.7. The monoisotopic (exact) mass is 805 g/mol. The van der Waals surface area contributed by atoms with E-state index in [9.17, 15) is 19.6 Å². The Hall–Kier alpha value is -5.45. The minimum absolute atomic E-state index is 0.00758. The van der Waals surface area contributed by atoms with Crippen LogP contribution in [0.25, 0.3) is 0 Å². The first-order valence-electron chi connectivity index (χ1n) is 20.6. The summed E-state index contributed by atoms with van der Waals surface area (Å²) in [7, 11) is 0. The van der Waals surface area contributed by atoms with Crippen LogP contribution in [0.4, 0.5) is 15.8 Å². The molecule has 4 fully saturated rings. The van der Waals surface area contributed by atoms with Crippen molar-refractivity contribution >= 4 is 29.1 Å². The predicted molar refractivity (Wildman–Crippen MR) is 225 cm³/mol. The summed E-state index contributed by atoms with van der Waals surface area (Å²) in [5, 5.41) is 18.1. The highest BCUT2D eigenvalue weighted by Crippen LogP contribution is 2.55. The minimum atomic E-state index is -0.717. The van der Waals surface area contributed by atoms with Crippen molar-refractivity contribution in [1.82, 2.24) is 20.9 Å². The average Bonchev–Trinajstić information content (AvgIpc) is 3.20. The first-order valence-corrected chi connectivity index (χ1v) is 20.6. The molecule has 3 aliphatic heterocycles. The van der Waals surface area contributed by atoms with E-state index in [0.717, 1.165) is 55.3 Å². The molecule has 12 nitrogen and oxygen atoms in total. The number of piperazine rings is 1. The molecule has 4 aliphatic rings. The number of hydrogen-bond donors (Lipinski definition) is 3. The van der Waals surface area contributed by atoms with Gasteiger partial charge in [0.2, 0.25) is 5.91 Å². The molecule has 3 amide bonds. The predicted octanol–water partition coefficient (Wildman–Crippen LogP) is 5.48. The summed E-state index contributed by atoms with van der Waals surface area (Å²) in [4.78, 5) is 45.4. The van der Waals surface area contributed by atoms with Crippen molar-refractivity contribution in [2.24, 2.45) is 10.8 Å². The van der Waals surface area contributed by atoms with Crippen LogP contribution in [0, 0.1) is 41.8 Å². The number of aryl methyl sites for hydroxylation is 2. The molecule has 0 aromatic heterocycles. The maximum Gasteiger partial charge on any atom is 0.254 e. The fourth-order valence-electron chi connectivity index (χ4n) is 9.72. The van der Waals surface area contributed by atoms with Gasteiger partial charge in [-0.05, 0) is 92.4 Å². The van der Waals surface area contributed by atoms with Crippen LogP contribution in [0.15, 0.2) is 66.9 Å². The number of carbonyl (C=O) groups excluding carboxylic acids is 3. The first-order chi connectivity index (χ1) is 28.0. The summed E-state index contributed by atoms with van der Waals surface area (Å²) in [6, 6.07) is 17.7. The maximum atomic E-state index is 15.2. The van der Waals surface area contributed by atoms with E-state index in [1.807, 2.05) is 50.2 Å². The van der Waals surface area contributed by atoms with Crippen molar-refractivity contribution in [3.63, 3.8) is 0 Å². The van der Waals surface area contributed by atoms with E-state index < -0.39 is 17.8 Å². The van der Waals surface area contributed by atoms with Crippen molar-refractivity contribution < 1.29 is 28.2 Å². The van der Waals surface area contributed by atoms with Gasteiger partial charge in [-0.2, -0.15) is 5.26 Å². The molecule has 13 heteroatoms. The second kappa shape index (κ2) is 16.7. The van der Waals surface area contributed by atoms with Gasteiger partial charge in [0, 0.05) is 85.3 Å². The molecule has 0 radical (unpaired) electrons. The number of allylic oxidation sites excluding steroid dienone is 1. The number of halogens is 1. The van der Waals surface area contributed by atoms with Gasteiger partial charge in [0.15, 0.2) is 0 Å². The summed E-state index contributed by atoms with van der Waals surface area (Å²) in [5.41, 5.74) is 4.66. The summed E-state index contributed by atoms with van der Waals surface area (Å²) >= 11 is 0. The van der Waals surface area contributed by atoms with E-state index in [4.69, 9.17) is 9.47 Å². The third-order valence-corrected chi connectivity index (χ3v) is 12.7. The highest BCUT2D eigenvalue weighted by atomic mass is 19.1. The van der Waals surface area contributed by atoms with Crippen LogP contribution in [-0.4, -0.2) is 99.3 Å². The first kappa shape index (κ1) is 41.7. The molecule has 3 aromatic carbocycles. The van der Waals surface area contributed by atoms with Crippen LogP contribution >= 0.6 is 0 Å². The van der Waals surface area contributed by atoms with Gasteiger partial charge in [-0.3, -0.25) is 19.3 Å². The molecule has 3 saturated heterocycles. The van der Waals surface area contributed by atoms with Gasteiger partial charge < -0.3 is 35.2 Å². The standard InChI is InChI=1S/C46H56FN7O5/c1-28-22-34(23-29(2)37(28)25-48)59-44-45(4,5)43(46(44,6)7)51-40(55)31-9-11-32(12-10-31)54-20-21-58-35(27-54)26-52-16-18-53(19-17-52)33-13-14-36(38(47)24-33)41(56)50-39-15-8-30(3)49-42(39)57/h9-14,22-24,35,39,43-44H,3,8,15-21,26-27H2,1-2,4-7H3,(H,49,57)(H,50,56)(H,51,55)/t35-,39+,43?,44?/m0/s1. The number of hydrogen-bond acceptors (Lipinski definition) is 9. The van der Waals surface area contributed by atoms with E-state index in [-0.39, 0.29) is 46.5 Å². The molecule has 1 saturated carbocycles. The Morgan fingerprint density at radius 1 is 0.932 bits per heavy atom. The van der Waals surface area contributed by atoms with Crippen molar-refractivity contribution in [1.29, 1.82) is 5.26 Å². The molecular formula is C46H56FN7O5. The molecule has 0 bridgehead atoms. The molecule has 3 N–H and O–H groups in total. The number of morpholine rings is 1. The molecule has 0 unspecified atom stereocenters. The Labute approximate surface area is 346 Å². The number of piperidine rings is 1. The Kier molecular flexibility index (Phi) is 11.8. The van der Waals surface area contributed by atoms with E-state index in [1.54, 1.807) is 6.07 Å². The lowest BCUT2D eigenvalue weighted by atomic mass is 9.49. The van der Waals surface area contributed by atoms with E-state index >= 15 is 4.39 Å². The molecule has 59 heavy (non-hydrogen) atoms. The van der Waals surface area contributed by atoms with Crippen molar-refractivity contribution in [2.75, 3.05) is 62.2 Å². The molecule has 3 aromatic rings. The largest absolute Gasteiger partial charge is 0.489 e. The topological polar surface area (TPSA) is 139 Å². The van der Waals surface area contributed by atoms with Crippen LogP contribution in [0.2, 0.25) is 0 Å². The number of amides is 3. The van der Waals surface area contributed by atoms with Gasteiger partial charge in [0.05, 0.1) is 29.9 Å². The number of benzene rings is 3. The van der Waals surface area contributed by atoms with Gasteiger partial charge in [-0.1, -0.05) is 34.3 Å². The minimum Gasteiger partial charge on any atom is -0.489 e. The lowest BCUT2D eigenvalue weighted by molar-refractivity contribution is -0.164. The number of rotatable bonds is 10. The molecule has 1 aliphatic carbocycles. The maximum absolute atomic E-state index is 15.2. The van der Waals surface area contributed by atoms with Gasteiger partial charge in [-0.15, -0.1) is 0 Å². The van der Waals surface area contributed by atoms with E-state index in [1.165, 1.54) is 12.1 Å². The summed E-state index contributed by atoms with van der Waals surface area (Å²) in [5.74, 6) is -0.950. The van der Waals surface area contributed by atoms with E-state index in [2.05, 4.69) is 71.0 Å². The Bertz CT molecular complexity index is 2120. The third kappa shape index (κ3) is 8.66. The fraction of sp³-hybridized carbons (Fsp3) is 0.478. The van der Waals surface area contributed by atoms with Crippen LogP contribution in [0.3, 0.4) is 0 Å². The van der Waals surface area contributed by atoms with Crippen LogP contribution < -0.4 is 30.5 Å². The normalized spacial score (nSPS) is 24.0. The lowest BCUT2D eigenvalue weighted by Crippen LogP contribution is -2.74. The van der Waals surface area contributed by atoms with Gasteiger partial charge >= 0.3 is 0 Å². The zero-order chi connectivity index (χ0) is 42.2. The smallest absolute Gasteiger partial charge is 0.254 e. The number of carbonyl (C=O) groups is 3. The molecule has 2 atom stereocenters. The van der Waals surface area contributed by atoms with Crippen molar-refractivity contribution in [3.8, 4) is 11.8 Å². The number of ether oxygens (including phenoxy) is 2. The van der Waals surface area contributed by atoms with Crippen molar-refractivity contribution in [2.45, 2.75) is 78.7 Å². The summed E-state index contributed by atoms with van der Waals surface area (Å²) in [6.07, 6.45) is 0.856. The average molecular weight is 806 g/mol. The number of anilines is 2. The third-order valence-electron chi connectivity index (χ3n) is 12.7. The number of nitrogens with one attached hydrogen (secondary N) is 3. The zero-order valence-electron chi connectivity index (χ0n) is 35.0. The van der Waals surface area contributed by atoms with Gasteiger partial charge in [0.1, 0.15) is 23.7 Å². The van der Waals surface area contributed by atoms with E-state index in [0.29, 0.717) is 55.0 Å². The molecule has 7 rings (SSSR count). The quantitative estimate of drug-likeness (QED) is 0.244. The van der Waals surface area contributed by atoms with Gasteiger partial charge in [0.25, 0.3) is 11.8 Å². The van der Waals surface area contributed by atoms with Crippen molar-refractivity contribution in [3.05, 3.63) is 101 Å². The highest BCUT2D eigenvalue weighted by molar-refractivity contribution is 5.98. The zero-order valence-corrected chi connectivity index (χ0v) is 35.0.